The maximum atomic E-state index is 13.2. The molecule has 0 radical (unpaired) electrons. The summed E-state index contributed by atoms with van der Waals surface area (Å²) in [5.74, 6) is -1.53. The Morgan fingerprint density at radius 1 is 1.15 bits per heavy atom. The molecule has 2 aromatic rings. The van der Waals surface area contributed by atoms with Gasteiger partial charge in [-0.05, 0) is 29.8 Å². The van der Waals surface area contributed by atoms with Crippen molar-refractivity contribution in [2.75, 3.05) is 7.11 Å². The summed E-state index contributed by atoms with van der Waals surface area (Å²) in [5.41, 5.74) is -1.47. The van der Waals surface area contributed by atoms with Crippen LogP contribution in [0.1, 0.15) is 5.56 Å². The van der Waals surface area contributed by atoms with Gasteiger partial charge in [-0.2, -0.15) is 28.1 Å². The van der Waals surface area contributed by atoms with Crippen molar-refractivity contribution < 1.29 is 22.3 Å². The summed E-state index contributed by atoms with van der Waals surface area (Å²) in [6.07, 6.45) is -4.82. The van der Waals surface area contributed by atoms with E-state index >= 15 is 0 Å². The highest BCUT2D eigenvalue weighted by atomic mass is 35.5. The van der Waals surface area contributed by atoms with Crippen molar-refractivity contribution in [1.82, 2.24) is 15.0 Å². The van der Waals surface area contributed by atoms with Gasteiger partial charge in [-0.1, -0.05) is 0 Å². The molecule has 4 nitrogen and oxygen atoms in total. The quantitative estimate of drug-likeness (QED) is 0.798. The minimum absolute atomic E-state index is 0.0543. The second-order valence-electron chi connectivity index (χ2n) is 3.61. The molecule has 0 aliphatic carbocycles. The Morgan fingerprint density at radius 2 is 1.85 bits per heavy atom. The van der Waals surface area contributed by atoms with Crippen LogP contribution in [0.5, 0.6) is 6.01 Å². The van der Waals surface area contributed by atoms with E-state index in [-0.39, 0.29) is 22.7 Å². The Morgan fingerprint density at radius 3 is 2.45 bits per heavy atom. The van der Waals surface area contributed by atoms with E-state index in [1.165, 1.54) is 7.11 Å². The highest BCUT2D eigenvalue weighted by Crippen LogP contribution is 2.33. The van der Waals surface area contributed by atoms with Crippen molar-refractivity contribution in [1.29, 1.82) is 0 Å². The van der Waals surface area contributed by atoms with E-state index in [0.717, 1.165) is 6.07 Å². The number of aromatic nitrogens is 3. The molecule has 1 aromatic carbocycles. The first-order valence-electron chi connectivity index (χ1n) is 5.14. The lowest BCUT2D eigenvalue weighted by molar-refractivity contribution is -0.139. The highest BCUT2D eigenvalue weighted by molar-refractivity contribution is 6.28. The molecular formula is C11H6ClF4N3O. The highest BCUT2D eigenvalue weighted by Gasteiger charge is 2.34. The van der Waals surface area contributed by atoms with Gasteiger partial charge in [0.25, 0.3) is 0 Å². The topological polar surface area (TPSA) is 47.9 Å². The van der Waals surface area contributed by atoms with Crippen LogP contribution < -0.4 is 4.74 Å². The summed E-state index contributed by atoms with van der Waals surface area (Å²) in [6.45, 7) is 0. The van der Waals surface area contributed by atoms with Crippen LogP contribution in [0, 0.1) is 5.82 Å². The number of hydrogen-bond acceptors (Lipinski definition) is 4. The first-order valence-corrected chi connectivity index (χ1v) is 5.51. The molecule has 0 unspecified atom stereocenters. The number of nitrogens with zero attached hydrogens (tertiary/aromatic N) is 3. The van der Waals surface area contributed by atoms with Crippen molar-refractivity contribution in [3.8, 4) is 17.4 Å². The molecule has 0 aliphatic rings. The van der Waals surface area contributed by atoms with Gasteiger partial charge < -0.3 is 4.74 Å². The smallest absolute Gasteiger partial charge is 0.419 e. The minimum atomic E-state index is -4.82. The molecule has 0 spiro atoms. The van der Waals surface area contributed by atoms with Crippen molar-refractivity contribution in [3.05, 3.63) is 34.9 Å². The van der Waals surface area contributed by atoms with Crippen LogP contribution in [-0.4, -0.2) is 22.1 Å². The third-order valence-corrected chi connectivity index (χ3v) is 2.47. The van der Waals surface area contributed by atoms with Crippen molar-refractivity contribution >= 4 is 11.6 Å². The zero-order valence-electron chi connectivity index (χ0n) is 9.87. The number of alkyl halides is 3. The summed E-state index contributed by atoms with van der Waals surface area (Å²) >= 11 is 5.60. The molecule has 20 heavy (non-hydrogen) atoms. The van der Waals surface area contributed by atoms with Gasteiger partial charge >= 0.3 is 12.2 Å². The van der Waals surface area contributed by atoms with Crippen LogP contribution >= 0.6 is 11.6 Å². The SMILES string of the molecule is COc1nc(Cl)nc(-c2ccc(F)c(C(F)(F)F)c2)n1. The fraction of sp³-hybridized carbons (Fsp3) is 0.182. The maximum absolute atomic E-state index is 13.2. The van der Waals surface area contributed by atoms with Crippen molar-refractivity contribution in [2.24, 2.45) is 0 Å². The largest absolute Gasteiger partial charge is 0.467 e. The molecule has 0 aliphatic heterocycles. The molecule has 0 N–H and O–H groups in total. The van der Waals surface area contributed by atoms with Gasteiger partial charge in [-0.15, -0.1) is 0 Å². The Balaban J connectivity index is 2.56. The van der Waals surface area contributed by atoms with Crippen LogP contribution in [0.4, 0.5) is 17.6 Å². The standard InChI is InChI=1S/C11H6ClF4N3O/c1-20-10-18-8(17-9(12)19-10)5-2-3-7(13)6(4-5)11(14,15)16/h2-4H,1H3. The minimum Gasteiger partial charge on any atom is -0.467 e. The molecule has 0 amide bonds. The third kappa shape index (κ3) is 2.96. The van der Waals surface area contributed by atoms with Crippen LogP contribution in [0.25, 0.3) is 11.4 Å². The molecule has 0 saturated heterocycles. The summed E-state index contributed by atoms with van der Waals surface area (Å²) in [7, 11) is 1.27. The predicted molar refractivity (Wildman–Crippen MR) is 61.8 cm³/mol. The van der Waals surface area contributed by atoms with E-state index in [4.69, 9.17) is 16.3 Å². The fourth-order valence-corrected chi connectivity index (χ4v) is 1.59. The van der Waals surface area contributed by atoms with Crippen molar-refractivity contribution in [3.63, 3.8) is 0 Å². The second-order valence-corrected chi connectivity index (χ2v) is 3.95. The molecule has 0 atom stereocenters. The Hall–Kier alpha value is -1.96. The number of methoxy groups -OCH3 is 1. The van der Waals surface area contributed by atoms with E-state index < -0.39 is 17.6 Å². The van der Waals surface area contributed by atoms with Crippen molar-refractivity contribution in [2.45, 2.75) is 6.18 Å². The van der Waals surface area contributed by atoms with E-state index in [2.05, 4.69) is 15.0 Å². The lowest BCUT2D eigenvalue weighted by Crippen LogP contribution is -2.08. The molecule has 0 saturated carbocycles. The normalized spacial score (nSPS) is 11.5. The summed E-state index contributed by atoms with van der Waals surface area (Å²) in [6, 6.07) is 2.23. The first kappa shape index (κ1) is 14.4. The van der Waals surface area contributed by atoms with Gasteiger partial charge in [-0.25, -0.2) is 4.39 Å². The zero-order valence-corrected chi connectivity index (χ0v) is 10.6. The lowest BCUT2D eigenvalue weighted by Gasteiger charge is -2.09. The summed E-state index contributed by atoms with van der Waals surface area (Å²) < 4.78 is 55.8. The van der Waals surface area contributed by atoms with Crippen LogP contribution in [0.2, 0.25) is 5.28 Å². The predicted octanol–water partition coefficient (Wildman–Crippen LogP) is 3.36. The molecule has 0 fully saturated rings. The molecule has 1 heterocycles. The van der Waals surface area contributed by atoms with E-state index in [1.807, 2.05) is 0 Å². The molecule has 9 heteroatoms. The number of hydrogen-bond donors (Lipinski definition) is 0. The van der Waals surface area contributed by atoms with Gasteiger partial charge in [0.15, 0.2) is 5.82 Å². The van der Waals surface area contributed by atoms with E-state index in [0.29, 0.717) is 12.1 Å². The monoisotopic (exact) mass is 307 g/mol. The second kappa shape index (κ2) is 5.20. The maximum Gasteiger partial charge on any atom is 0.419 e. The fourth-order valence-electron chi connectivity index (χ4n) is 1.43. The summed E-state index contributed by atoms with van der Waals surface area (Å²) in [5, 5.41) is -0.246. The Labute approximate surface area is 115 Å². The van der Waals surface area contributed by atoms with Gasteiger partial charge in [0.1, 0.15) is 5.82 Å². The third-order valence-electron chi connectivity index (χ3n) is 2.30. The number of ether oxygens (including phenoxy) is 1. The molecule has 2 rings (SSSR count). The number of halogens is 5. The lowest BCUT2D eigenvalue weighted by atomic mass is 10.1. The Kier molecular flexibility index (Phi) is 3.76. The zero-order chi connectivity index (χ0) is 14.9. The molecule has 1 aromatic heterocycles. The number of benzene rings is 1. The number of rotatable bonds is 2. The average molecular weight is 308 g/mol. The van der Waals surface area contributed by atoms with Gasteiger partial charge in [0.2, 0.25) is 5.28 Å². The van der Waals surface area contributed by atoms with Crippen LogP contribution in [-0.2, 0) is 6.18 Å². The van der Waals surface area contributed by atoms with E-state index in [9.17, 15) is 17.6 Å². The first-order chi connectivity index (χ1) is 9.31. The Bertz CT molecular complexity index is 648. The molecule has 0 bridgehead atoms. The average Bonchev–Trinajstić information content (AvgIpc) is 2.37. The van der Waals surface area contributed by atoms with Crippen LogP contribution in [0.3, 0.4) is 0 Å². The molecular weight excluding hydrogens is 302 g/mol. The van der Waals surface area contributed by atoms with Gasteiger partial charge in [-0.3, -0.25) is 0 Å². The molecule has 106 valence electrons. The van der Waals surface area contributed by atoms with Crippen LogP contribution in [0.15, 0.2) is 18.2 Å². The van der Waals surface area contributed by atoms with E-state index in [1.54, 1.807) is 0 Å². The van der Waals surface area contributed by atoms with Gasteiger partial charge in [0, 0.05) is 5.56 Å². The summed E-state index contributed by atoms with van der Waals surface area (Å²) in [4.78, 5) is 11.0. The van der Waals surface area contributed by atoms with Gasteiger partial charge in [0.05, 0.1) is 12.7 Å².